The molecule has 0 amide bonds. The molecule has 1 aromatic rings. The van der Waals surface area contributed by atoms with Gasteiger partial charge in [-0.05, 0) is 12.1 Å². The molecule has 0 aliphatic rings. The lowest BCUT2D eigenvalue weighted by molar-refractivity contribution is -0.422. The minimum atomic E-state index is -0.423. The summed E-state index contributed by atoms with van der Waals surface area (Å²) in [5.74, 6) is 0. The van der Waals surface area contributed by atoms with Gasteiger partial charge in [0.25, 0.3) is 0 Å². The summed E-state index contributed by atoms with van der Waals surface area (Å²) < 4.78 is 0.636. The highest BCUT2D eigenvalue weighted by molar-refractivity contribution is 7.16. The Morgan fingerprint density at radius 3 is 2.83 bits per heavy atom. The van der Waals surface area contributed by atoms with Crippen LogP contribution in [0.25, 0.3) is 6.08 Å². The number of hydrogen-bond acceptors (Lipinski definition) is 3. The Kier molecular flexibility index (Phi) is 2.83. The molecule has 3 nitrogen and oxygen atoms in total. The standard InChI is InChI=1S/C7H6ClNO2S/c1-5(9(10)11)4-6-2-3-7(8)12-6/h2-4H,1H3/b5-4-. The average molecular weight is 204 g/mol. The van der Waals surface area contributed by atoms with Gasteiger partial charge in [0.1, 0.15) is 0 Å². The molecule has 0 bridgehead atoms. The summed E-state index contributed by atoms with van der Waals surface area (Å²) in [5, 5.41) is 10.2. The summed E-state index contributed by atoms with van der Waals surface area (Å²) in [4.78, 5) is 10.6. The van der Waals surface area contributed by atoms with E-state index in [1.165, 1.54) is 24.3 Å². The summed E-state index contributed by atoms with van der Waals surface area (Å²) in [6.07, 6.45) is 1.50. The molecule has 0 radical (unpaired) electrons. The third-order valence-electron chi connectivity index (χ3n) is 1.23. The first kappa shape index (κ1) is 9.22. The van der Waals surface area contributed by atoms with E-state index in [1.54, 1.807) is 12.1 Å². The van der Waals surface area contributed by atoms with Crippen molar-refractivity contribution >= 4 is 29.0 Å². The molecule has 0 saturated heterocycles. The van der Waals surface area contributed by atoms with Gasteiger partial charge < -0.3 is 0 Å². The molecule has 64 valence electrons. The van der Waals surface area contributed by atoms with Gasteiger partial charge in [-0.2, -0.15) is 0 Å². The van der Waals surface area contributed by atoms with Crippen molar-refractivity contribution in [3.05, 3.63) is 37.2 Å². The topological polar surface area (TPSA) is 43.1 Å². The molecule has 0 saturated carbocycles. The molecule has 0 aliphatic carbocycles. The maximum Gasteiger partial charge on any atom is 0.244 e. The van der Waals surface area contributed by atoms with Crippen LogP contribution in [0.4, 0.5) is 0 Å². The molecule has 0 fully saturated rings. The zero-order valence-electron chi connectivity index (χ0n) is 6.28. The van der Waals surface area contributed by atoms with Gasteiger partial charge in [0.05, 0.1) is 9.26 Å². The second kappa shape index (κ2) is 3.69. The molecule has 1 aromatic heterocycles. The molecule has 0 N–H and O–H groups in total. The second-order valence-electron chi connectivity index (χ2n) is 2.18. The van der Waals surface area contributed by atoms with Crippen molar-refractivity contribution in [2.24, 2.45) is 0 Å². The third kappa shape index (κ3) is 2.32. The lowest BCUT2D eigenvalue weighted by atomic mass is 10.4. The number of nitrogens with zero attached hydrogens (tertiary/aromatic N) is 1. The van der Waals surface area contributed by atoms with Crippen LogP contribution in [0, 0.1) is 10.1 Å². The van der Waals surface area contributed by atoms with Gasteiger partial charge in [0.2, 0.25) is 5.70 Å². The normalized spacial score (nSPS) is 11.7. The van der Waals surface area contributed by atoms with Crippen LogP contribution in [0.1, 0.15) is 11.8 Å². The number of thiophene rings is 1. The van der Waals surface area contributed by atoms with E-state index in [4.69, 9.17) is 11.6 Å². The van der Waals surface area contributed by atoms with E-state index in [9.17, 15) is 10.1 Å². The summed E-state index contributed by atoms with van der Waals surface area (Å²) >= 11 is 6.96. The Bertz CT molecular complexity index is 332. The molecule has 5 heteroatoms. The number of halogens is 1. The van der Waals surface area contributed by atoms with Crippen LogP contribution in [0.2, 0.25) is 4.34 Å². The molecular formula is C7H6ClNO2S. The van der Waals surface area contributed by atoms with Gasteiger partial charge in [-0.25, -0.2) is 0 Å². The first-order valence-corrected chi connectivity index (χ1v) is 4.37. The van der Waals surface area contributed by atoms with Gasteiger partial charge in [-0.3, -0.25) is 10.1 Å². The quantitative estimate of drug-likeness (QED) is 0.548. The van der Waals surface area contributed by atoms with Gasteiger partial charge in [0.15, 0.2) is 0 Å². The third-order valence-corrected chi connectivity index (χ3v) is 2.41. The molecule has 1 heterocycles. The summed E-state index contributed by atoms with van der Waals surface area (Å²) in [7, 11) is 0. The number of rotatable bonds is 2. The monoisotopic (exact) mass is 203 g/mol. The van der Waals surface area contributed by atoms with Crippen LogP contribution in [-0.4, -0.2) is 4.92 Å². The van der Waals surface area contributed by atoms with Crippen molar-refractivity contribution in [1.82, 2.24) is 0 Å². The van der Waals surface area contributed by atoms with Gasteiger partial charge in [-0.1, -0.05) is 11.6 Å². The minimum absolute atomic E-state index is 0.119. The largest absolute Gasteiger partial charge is 0.259 e. The van der Waals surface area contributed by atoms with E-state index in [0.29, 0.717) is 4.34 Å². The van der Waals surface area contributed by atoms with E-state index in [0.717, 1.165) is 4.88 Å². The zero-order chi connectivity index (χ0) is 9.14. The van der Waals surface area contributed by atoms with E-state index in [-0.39, 0.29) is 5.70 Å². The molecule has 0 aliphatic heterocycles. The Hall–Kier alpha value is -0.870. The predicted molar refractivity (Wildman–Crippen MR) is 50.0 cm³/mol. The predicted octanol–water partition coefficient (Wildman–Crippen LogP) is 3.04. The van der Waals surface area contributed by atoms with Crippen LogP contribution >= 0.6 is 22.9 Å². The fourth-order valence-corrected chi connectivity index (χ4v) is 1.72. The fourth-order valence-electron chi connectivity index (χ4n) is 0.664. The SMILES string of the molecule is C/C(=C/c1ccc(Cl)s1)[N+](=O)[O-]. The lowest BCUT2D eigenvalue weighted by Crippen LogP contribution is -1.91. The van der Waals surface area contributed by atoms with Crippen LogP contribution in [0.15, 0.2) is 17.8 Å². The van der Waals surface area contributed by atoms with Crippen LogP contribution in [0.3, 0.4) is 0 Å². The van der Waals surface area contributed by atoms with E-state index in [2.05, 4.69) is 0 Å². The Balaban J connectivity index is 2.87. The van der Waals surface area contributed by atoms with Gasteiger partial charge in [0, 0.05) is 17.9 Å². The molecule has 0 atom stereocenters. The van der Waals surface area contributed by atoms with Crippen molar-refractivity contribution in [1.29, 1.82) is 0 Å². The highest BCUT2D eigenvalue weighted by Gasteiger charge is 2.03. The van der Waals surface area contributed by atoms with Crippen LogP contribution < -0.4 is 0 Å². The summed E-state index contributed by atoms with van der Waals surface area (Å²) in [6.45, 7) is 1.45. The molecule has 0 aromatic carbocycles. The van der Waals surface area contributed by atoms with Gasteiger partial charge in [-0.15, -0.1) is 11.3 Å². The minimum Gasteiger partial charge on any atom is -0.259 e. The lowest BCUT2D eigenvalue weighted by Gasteiger charge is -1.86. The van der Waals surface area contributed by atoms with E-state index >= 15 is 0 Å². The highest BCUT2D eigenvalue weighted by Crippen LogP contribution is 2.23. The first-order valence-electron chi connectivity index (χ1n) is 3.17. The average Bonchev–Trinajstić information content (AvgIpc) is 2.35. The number of hydrogen-bond donors (Lipinski definition) is 0. The summed E-state index contributed by atoms with van der Waals surface area (Å²) in [6, 6.07) is 3.46. The molecule has 1 rings (SSSR count). The zero-order valence-corrected chi connectivity index (χ0v) is 7.85. The van der Waals surface area contributed by atoms with Crippen molar-refractivity contribution in [2.45, 2.75) is 6.92 Å². The maximum atomic E-state index is 10.2. The first-order chi connectivity index (χ1) is 5.59. The van der Waals surface area contributed by atoms with Crippen LogP contribution in [0.5, 0.6) is 0 Å². The Morgan fingerprint density at radius 1 is 1.75 bits per heavy atom. The Labute approximate surface area is 78.4 Å². The smallest absolute Gasteiger partial charge is 0.244 e. The van der Waals surface area contributed by atoms with E-state index in [1.807, 2.05) is 0 Å². The molecule has 0 unspecified atom stereocenters. The van der Waals surface area contributed by atoms with Crippen molar-refractivity contribution in [3.8, 4) is 0 Å². The second-order valence-corrected chi connectivity index (χ2v) is 3.93. The van der Waals surface area contributed by atoms with Crippen molar-refractivity contribution in [3.63, 3.8) is 0 Å². The number of allylic oxidation sites excluding steroid dienone is 1. The Morgan fingerprint density at radius 2 is 2.42 bits per heavy atom. The maximum absolute atomic E-state index is 10.2. The highest BCUT2D eigenvalue weighted by atomic mass is 35.5. The van der Waals surface area contributed by atoms with Gasteiger partial charge >= 0.3 is 0 Å². The fraction of sp³-hybridized carbons (Fsp3) is 0.143. The summed E-state index contributed by atoms with van der Waals surface area (Å²) in [5.41, 5.74) is 0.119. The molecule has 12 heavy (non-hydrogen) atoms. The van der Waals surface area contributed by atoms with Crippen molar-refractivity contribution in [2.75, 3.05) is 0 Å². The van der Waals surface area contributed by atoms with E-state index < -0.39 is 4.92 Å². The molecule has 0 spiro atoms. The van der Waals surface area contributed by atoms with Crippen molar-refractivity contribution < 1.29 is 4.92 Å². The van der Waals surface area contributed by atoms with Crippen LogP contribution in [-0.2, 0) is 0 Å². The number of nitro groups is 1. The molecular weight excluding hydrogens is 198 g/mol.